The molecule has 0 bridgehead atoms. The van der Waals surface area contributed by atoms with Crippen LogP contribution in [0.4, 0.5) is 24.2 Å². The Morgan fingerprint density at radius 3 is 2.61 bits per heavy atom. The van der Waals surface area contributed by atoms with Crippen molar-refractivity contribution >= 4 is 34.8 Å². The van der Waals surface area contributed by atoms with Crippen LogP contribution in [0.5, 0.6) is 0 Å². The Hall–Kier alpha value is -3.24. The number of hydrogen-bond acceptors (Lipinski definition) is 5. The normalized spacial score (nSPS) is 21.3. The number of ether oxygens (including phenoxy) is 1. The molecule has 178 valence electrons. The molecule has 0 spiro atoms. The largest absolute Gasteiger partial charge is 0.444 e. The van der Waals surface area contributed by atoms with Crippen molar-refractivity contribution < 1.29 is 27.9 Å². The fourth-order valence-electron chi connectivity index (χ4n) is 4.27. The van der Waals surface area contributed by atoms with E-state index >= 15 is 8.78 Å². The standard InChI is InChI=1S/C22H27F2N5O4/c1-21(2,3)33-20(32)28-9-7-15(22(23,24)12-28)13-5-6-14-16(11-13)27(4)26-18(14)29-10-8-17(30)25-19(29)31/h5-6,11,15H,7-10,12H2,1-4H3,(H,25,30,31)/t15-/m0/s1. The van der Waals surface area contributed by atoms with E-state index in [1.54, 1.807) is 46.0 Å². The van der Waals surface area contributed by atoms with Crippen LogP contribution in [0.3, 0.4) is 0 Å². The van der Waals surface area contributed by atoms with E-state index in [4.69, 9.17) is 4.74 Å². The third kappa shape index (κ3) is 4.49. The maximum absolute atomic E-state index is 15.1. The van der Waals surface area contributed by atoms with Gasteiger partial charge in [0.1, 0.15) is 5.60 Å². The number of benzene rings is 1. The lowest BCUT2D eigenvalue weighted by Gasteiger charge is -2.39. The number of amides is 4. The molecule has 1 N–H and O–H groups in total. The average Bonchev–Trinajstić information content (AvgIpc) is 3.01. The Kier molecular flexibility index (Phi) is 5.53. The van der Waals surface area contributed by atoms with E-state index in [0.29, 0.717) is 22.3 Å². The van der Waals surface area contributed by atoms with Gasteiger partial charge in [0, 0.05) is 31.9 Å². The summed E-state index contributed by atoms with van der Waals surface area (Å²) >= 11 is 0. The number of aryl methyl sites for hydroxylation is 1. The van der Waals surface area contributed by atoms with Gasteiger partial charge in [0.05, 0.1) is 18.0 Å². The molecule has 11 heteroatoms. The predicted octanol–water partition coefficient (Wildman–Crippen LogP) is 3.38. The molecule has 1 atom stereocenters. The van der Waals surface area contributed by atoms with E-state index in [2.05, 4.69) is 10.4 Å². The summed E-state index contributed by atoms with van der Waals surface area (Å²) in [4.78, 5) is 38.4. The number of nitrogens with zero attached hydrogens (tertiary/aromatic N) is 4. The maximum Gasteiger partial charge on any atom is 0.410 e. The zero-order valence-electron chi connectivity index (χ0n) is 19.0. The predicted molar refractivity (Wildman–Crippen MR) is 116 cm³/mol. The summed E-state index contributed by atoms with van der Waals surface area (Å²) in [5, 5.41) is 7.28. The summed E-state index contributed by atoms with van der Waals surface area (Å²) in [6.45, 7) is 4.71. The molecule has 33 heavy (non-hydrogen) atoms. The van der Waals surface area contributed by atoms with Crippen LogP contribution in [0.2, 0.25) is 0 Å². The quantitative estimate of drug-likeness (QED) is 0.737. The number of alkyl halides is 2. The monoisotopic (exact) mass is 463 g/mol. The number of nitrogens with one attached hydrogen (secondary N) is 1. The molecule has 1 aromatic carbocycles. The number of anilines is 1. The van der Waals surface area contributed by atoms with Crippen LogP contribution in [-0.2, 0) is 16.6 Å². The molecular weight excluding hydrogens is 436 g/mol. The van der Waals surface area contributed by atoms with Gasteiger partial charge in [-0.1, -0.05) is 6.07 Å². The first-order chi connectivity index (χ1) is 15.4. The Morgan fingerprint density at radius 2 is 1.97 bits per heavy atom. The number of halogens is 2. The molecule has 4 rings (SSSR count). The molecule has 2 aromatic rings. The van der Waals surface area contributed by atoms with Gasteiger partial charge in [0.15, 0.2) is 5.82 Å². The van der Waals surface area contributed by atoms with Gasteiger partial charge in [-0.2, -0.15) is 5.10 Å². The highest BCUT2D eigenvalue weighted by Crippen LogP contribution is 2.42. The summed E-state index contributed by atoms with van der Waals surface area (Å²) in [6, 6.07) is 4.38. The topological polar surface area (TPSA) is 96.8 Å². The lowest BCUT2D eigenvalue weighted by atomic mass is 9.86. The highest BCUT2D eigenvalue weighted by Gasteiger charge is 2.47. The smallest absolute Gasteiger partial charge is 0.410 e. The third-order valence-electron chi connectivity index (χ3n) is 5.82. The number of fused-ring (bicyclic) bond motifs is 1. The van der Waals surface area contributed by atoms with Crippen LogP contribution in [0.25, 0.3) is 10.9 Å². The number of carbonyl (C=O) groups excluding carboxylic acids is 3. The minimum atomic E-state index is -3.14. The minimum Gasteiger partial charge on any atom is -0.444 e. The number of urea groups is 1. The maximum atomic E-state index is 15.1. The van der Waals surface area contributed by atoms with Crippen molar-refractivity contribution in [1.82, 2.24) is 20.0 Å². The molecule has 4 amide bonds. The second-order valence-electron chi connectivity index (χ2n) is 9.48. The zero-order chi connectivity index (χ0) is 24.1. The second-order valence-corrected chi connectivity index (χ2v) is 9.48. The zero-order valence-corrected chi connectivity index (χ0v) is 19.0. The van der Waals surface area contributed by atoms with Gasteiger partial charge in [-0.15, -0.1) is 0 Å². The molecule has 0 aliphatic carbocycles. The fourth-order valence-corrected chi connectivity index (χ4v) is 4.27. The number of carbonyl (C=O) groups is 3. The average molecular weight is 463 g/mol. The van der Waals surface area contributed by atoms with Crippen LogP contribution < -0.4 is 10.2 Å². The number of rotatable bonds is 2. The highest BCUT2D eigenvalue weighted by atomic mass is 19.3. The van der Waals surface area contributed by atoms with Crippen molar-refractivity contribution in [3.63, 3.8) is 0 Å². The SMILES string of the molecule is Cn1nc(N2CCC(=O)NC2=O)c2ccc([C@@H]3CCN(C(=O)OC(C)(C)C)CC3(F)F)cc21. The molecule has 2 aliphatic rings. The molecule has 0 radical (unpaired) electrons. The van der Waals surface area contributed by atoms with Crippen molar-refractivity contribution in [3.05, 3.63) is 23.8 Å². The van der Waals surface area contributed by atoms with Gasteiger partial charge in [-0.3, -0.25) is 19.7 Å². The molecule has 2 fully saturated rings. The van der Waals surface area contributed by atoms with E-state index < -0.39 is 36.1 Å². The van der Waals surface area contributed by atoms with Crippen LogP contribution in [0.15, 0.2) is 18.2 Å². The molecule has 9 nitrogen and oxygen atoms in total. The third-order valence-corrected chi connectivity index (χ3v) is 5.82. The van der Waals surface area contributed by atoms with E-state index in [-0.39, 0.29) is 31.8 Å². The molecule has 1 aromatic heterocycles. The van der Waals surface area contributed by atoms with Crippen LogP contribution in [-0.4, -0.2) is 63.9 Å². The fraction of sp³-hybridized carbons (Fsp3) is 0.545. The Morgan fingerprint density at radius 1 is 1.24 bits per heavy atom. The first kappa shape index (κ1) is 22.9. The summed E-state index contributed by atoms with van der Waals surface area (Å²) in [7, 11) is 1.67. The molecule has 3 heterocycles. The second kappa shape index (κ2) is 7.96. The first-order valence-corrected chi connectivity index (χ1v) is 10.8. The van der Waals surface area contributed by atoms with Crippen LogP contribution in [0, 0.1) is 0 Å². The van der Waals surface area contributed by atoms with Gasteiger partial charge in [0.25, 0.3) is 5.92 Å². The Balaban J connectivity index is 1.58. The Labute approximate surface area is 189 Å². The van der Waals surface area contributed by atoms with Gasteiger partial charge in [0.2, 0.25) is 5.91 Å². The summed E-state index contributed by atoms with van der Waals surface area (Å²) in [6.07, 6.45) is -0.505. The summed E-state index contributed by atoms with van der Waals surface area (Å²) < 4.78 is 37.0. The summed E-state index contributed by atoms with van der Waals surface area (Å²) in [5.41, 5.74) is 0.270. The lowest BCUT2D eigenvalue weighted by Crippen LogP contribution is -2.50. The van der Waals surface area contributed by atoms with Crippen molar-refractivity contribution in [2.45, 2.75) is 51.1 Å². The number of piperidine rings is 1. The van der Waals surface area contributed by atoms with Gasteiger partial charge >= 0.3 is 12.1 Å². The molecule has 0 unspecified atom stereocenters. The minimum absolute atomic E-state index is 0.0824. The van der Waals surface area contributed by atoms with Gasteiger partial charge in [-0.25, -0.2) is 18.4 Å². The van der Waals surface area contributed by atoms with E-state index in [1.807, 2.05) is 0 Å². The van der Waals surface area contributed by atoms with Crippen LogP contribution >= 0.6 is 0 Å². The van der Waals surface area contributed by atoms with Gasteiger partial charge < -0.3 is 9.64 Å². The van der Waals surface area contributed by atoms with Crippen LogP contribution in [0.1, 0.15) is 45.1 Å². The molecule has 0 saturated carbocycles. The number of hydrogen-bond donors (Lipinski definition) is 1. The van der Waals surface area contributed by atoms with E-state index in [9.17, 15) is 14.4 Å². The van der Waals surface area contributed by atoms with E-state index in [0.717, 1.165) is 4.90 Å². The van der Waals surface area contributed by atoms with Crippen molar-refractivity contribution in [1.29, 1.82) is 0 Å². The highest BCUT2D eigenvalue weighted by molar-refractivity contribution is 6.08. The van der Waals surface area contributed by atoms with Crippen molar-refractivity contribution in [2.75, 3.05) is 24.5 Å². The number of imide groups is 1. The number of aromatic nitrogens is 2. The number of likely N-dealkylation sites (tertiary alicyclic amines) is 1. The first-order valence-electron chi connectivity index (χ1n) is 10.8. The van der Waals surface area contributed by atoms with E-state index in [1.165, 1.54) is 9.58 Å². The lowest BCUT2D eigenvalue weighted by molar-refractivity contribution is -0.120. The molecule has 2 aliphatic heterocycles. The molecule has 2 saturated heterocycles. The van der Waals surface area contributed by atoms with Crippen molar-refractivity contribution in [3.8, 4) is 0 Å². The Bertz CT molecular complexity index is 1120. The van der Waals surface area contributed by atoms with Crippen molar-refractivity contribution in [2.24, 2.45) is 7.05 Å². The summed E-state index contributed by atoms with van der Waals surface area (Å²) in [5.74, 6) is -4.19. The molecular formula is C22H27F2N5O4. The van der Waals surface area contributed by atoms with Gasteiger partial charge in [-0.05, 0) is 44.9 Å².